The number of hydrogen-bond donors (Lipinski definition) is 0. The van der Waals surface area contributed by atoms with Gasteiger partial charge in [0.05, 0.1) is 26.4 Å². The van der Waals surface area contributed by atoms with Gasteiger partial charge >= 0.3 is 6.16 Å². The quantitative estimate of drug-likeness (QED) is 0.457. The summed E-state index contributed by atoms with van der Waals surface area (Å²) in [5.41, 5.74) is -0.0607. The molecule has 0 fully saturated rings. The first-order chi connectivity index (χ1) is 10.5. The Bertz CT molecular complexity index is 243. The summed E-state index contributed by atoms with van der Waals surface area (Å²) in [6.45, 7) is 18.4. The Labute approximate surface area is 137 Å². The minimum absolute atomic E-state index is 0.0607. The van der Waals surface area contributed by atoms with Crippen molar-refractivity contribution < 1.29 is 18.9 Å². The molecule has 0 saturated carbocycles. The molecule has 0 saturated heterocycles. The molecule has 0 radical (unpaired) electrons. The van der Waals surface area contributed by atoms with Gasteiger partial charge in [-0.25, -0.2) is 0 Å². The van der Waals surface area contributed by atoms with Gasteiger partial charge in [0.25, 0.3) is 0 Å². The van der Waals surface area contributed by atoms with Gasteiger partial charge in [-0.1, -0.05) is 27.2 Å². The first kappa shape index (κ1) is 21.8. The van der Waals surface area contributed by atoms with Crippen LogP contribution in [0.4, 0.5) is 0 Å². The molecule has 0 aromatic carbocycles. The van der Waals surface area contributed by atoms with E-state index in [4.69, 9.17) is 18.9 Å². The summed E-state index contributed by atoms with van der Waals surface area (Å²) in [7, 11) is 0. The molecule has 0 rings (SSSR count). The molecule has 0 aromatic heterocycles. The summed E-state index contributed by atoms with van der Waals surface area (Å²) in [6, 6.07) is 0. The number of hydrogen-bond acceptors (Lipinski definition) is 5. The fourth-order valence-corrected chi connectivity index (χ4v) is 2.87. The predicted molar refractivity (Wildman–Crippen MR) is 89.8 cm³/mol. The SMILES string of the molecule is CCCC(C)(COC(OCC)(OCC)OCC)N(CC)CC. The van der Waals surface area contributed by atoms with Crippen molar-refractivity contribution in [2.24, 2.45) is 0 Å². The van der Waals surface area contributed by atoms with Crippen LogP contribution < -0.4 is 0 Å². The van der Waals surface area contributed by atoms with Crippen LogP contribution >= 0.6 is 0 Å². The summed E-state index contributed by atoms with van der Waals surface area (Å²) in [4.78, 5) is 2.42. The normalized spacial score (nSPS) is 15.3. The average molecular weight is 319 g/mol. The Balaban J connectivity index is 5.08. The zero-order valence-electron chi connectivity index (χ0n) is 15.7. The molecule has 0 amide bonds. The van der Waals surface area contributed by atoms with Crippen molar-refractivity contribution >= 4 is 0 Å². The zero-order valence-corrected chi connectivity index (χ0v) is 15.7. The van der Waals surface area contributed by atoms with Gasteiger partial charge in [0.15, 0.2) is 0 Å². The van der Waals surface area contributed by atoms with E-state index < -0.39 is 6.16 Å². The van der Waals surface area contributed by atoms with E-state index in [0.29, 0.717) is 26.4 Å². The number of nitrogens with zero attached hydrogens (tertiary/aromatic N) is 1. The Morgan fingerprint density at radius 2 is 1.18 bits per heavy atom. The Kier molecular flexibility index (Phi) is 11.3. The lowest BCUT2D eigenvalue weighted by Gasteiger charge is -2.42. The van der Waals surface area contributed by atoms with E-state index in [2.05, 4.69) is 32.6 Å². The van der Waals surface area contributed by atoms with Crippen LogP contribution in [0.5, 0.6) is 0 Å². The highest BCUT2D eigenvalue weighted by Gasteiger charge is 2.39. The molecule has 0 aliphatic rings. The second-order valence-corrected chi connectivity index (χ2v) is 5.51. The van der Waals surface area contributed by atoms with Crippen LogP contribution in [0.15, 0.2) is 0 Å². The van der Waals surface area contributed by atoms with Crippen LogP contribution in [-0.2, 0) is 18.9 Å². The van der Waals surface area contributed by atoms with E-state index in [1.165, 1.54) is 0 Å². The monoisotopic (exact) mass is 319 g/mol. The minimum atomic E-state index is -1.39. The molecule has 134 valence electrons. The Morgan fingerprint density at radius 3 is 1.50 bits per heavy atom. The van der Waals surface area contributed by atoms with Crippen molar-refractivity contribution in [2.75, 3.05) is 39.5 Å². The van der Waals surface area contributed by atoms with Crippen LogP contribution in [0.1, 0.15) is 61.3 Å². The van der Waals surface area contributed by atoms with Crippen molar-refractivity contribution in [1.82, 2.24) is 4.90 Å². The fourth-order valence-electron chi connectivity index (χ4n) is 2.87. The Hall–Kier alpha value is -0.200. The van der Waals surface area contributed by atoms with Crippen LogP contribution in [0.25, 0.3) is 0 Å². The van der Waals surface area contributed by atoms with E-state index >= 15 is 0 Å². The number of ether oxygens (including phenoxy) is 4. The molecule has 0 aliphatic heterocycles. The number of likely N-dealkylation sites (N-methyl/N-ethyl adjacent to an activating group) is 1. The molecule has 5 heteroatoms. The maximum atomic E-state index is 6.04. The molecule has 5 nitrogen and oxygen atoms in total. The lowest BCUT2D eigenvalue weighted by Crippen LogP contribution is -2.53. The molecule has 0 aromatic rings. The molecule has 1 unspecified atom stereocenters. The average Bonchev–Trinajstić information content (AvgIpc) is 2.48. The maximum Gasteiger partial charge on any atom is 0.412 e. The standard InChI is InChI=1S/C17H37NO4/c1-8-14-16(7,18(9-2)10-3)15-22-17(19-11-4,20-12-5)21-13-6/h8-15H2,1-7H3. The third kappa shape index (κ3) is 6.50. The molecule has 0 heterocycles. The van der Waals surface area contributed by atoms with Crippen molar-refractivity contribution in [3.8, 4) is 0 Å². The second-order valence-electron chi connectivity index (χ2n) is 5.51. The summed E-state index contributed by atoms with van der Waals surface area (Å²) in [5, 5.41) is 0. The molecule has 0 aliphatic carbocycles. The molecule has 22 heavy (non-hydrogen) atoms. The fraction of sp³-hybridized carbons (Fsp3) is 1.00. The van der Waals surface area contributed by atoms with Gasteiger partial charge in [-0.3, -0.25) is 4.90 Å². The van der Waals surface area contributed by atoms with Gasteiger partial charge in [0.2, 0.25) is 0 Å². The Morgan fingerprint density at radius 1 is 0.727 bits per heavy atom. The number of rotatable bonds is 14. The van der Waals surface area contributed by atoms with Crippen LogP contribution in [0.2, 0.25) is 0 Å². The minimum Gasteiger partial charge on any atom is -0.304 e. The molecule has 0 spiro atoms. The van der Waals surface area contributed by atoms with Gasteiger partial charge < -0.3 is 18.9 Å². The van der Waals surface area contributed by atoms with E-state index in [1.54, 1.807) is 0 Å². The summed E-state index contributed by atoms with van der Waals surface area (Å²) in [6.07, 6.45) is 0.761. The summed E-state index contributed by atoms with van der Waals surface area (Å²) in [5.74, 6) is 0. The van der Waals surface area contributed by atoms with Gasteiger partial charge in [-0.05, 0) is 47.2 Å². The lowest BCUT2D eigenvalue weighted by atomic mass is 9.94. The highest BCUT2D eigenvalue weighted by molar-refractivity contribution is 4.85. The smallest absolute Gasteiger partial charge is 0.304 e. The topological polar surface area (TPSA) is 40.2 Å². The van der Waals surface area contributed by atoms with E-state index in [9.17, 15) is 0 Å². The summed E-state index contributed by atoms with van der Waals surface area (Å²) < 4.78 is 23.0. The molecule has 0 bridgehead atoms. The third-order valence-corrected chi connectivity index (χ3v) is 3.84. The van der Waals surface area contributed by atoms with Crippen molar-refractivity contribution in [2.45, 2.75) is 73.0 Å². The highest BCUT2D eigenvalue weighted by atomic mass is 17.0. The highest BCUT2D eigenvalue weighted by Crippen LogP contribution is 2.26. The molecule has 0 N–H and O–H groups in total. The maximum absolute atomic E-state index is 6.04. The van der Waals surface area contributed by atoms with Crippen LogP contribution in [0.3, 0.4) is 0 Å². The van der Waals surface area contributed by atoms with Crippen LogP contribution in [-0.4, -0.2) is 56.1 Å². The van der Waals surface area contributed by atoms with Crippen molar-refractivity contribution in [3.63, 3.8) is 0 Å². The first-order valence-corrected chi connectivity index (χ1v) is 8.78. The second kappa shape index (κ2) is 11.4. The molecular formula is C17H37NO4. The molecular weight excluding hydrogens is 282 g/mol. The predicted octanol–water partition coefficient (Wildman–Crippen LogP) is 3.62. The van der Waals surface area contributed by atoms with E-state index in [1.807, 2.05) is 20.8 Å². The van der Waals surface area contributed by atoms with Crippen molar-refractivity contribution in [1.29, 1.82) is 0 Å². The van der Waals surface area contributed by atoms with Gasteiger partial charge in [-0.15, -0.1) is 0 Å². The third-order valence-electron chi connectivity index (χ3n) is 3.84. The van der Waals surface area contributed by atoms with Crippen LogP contribution in [0, 0.1) is 0 Å². The van der Waals surface area contributed by atoms with Gasteiger partial charge in [-0.2, -0.15) is 0 Å². The van der Waals surface area contributed by atoms with Gasteiger partial charge in [0, 0.05) is 5.54 Å². The van der Waals surface area contributed by atoms with Crippen molar-refractivity contribution in [3.05, 3.63) is 0 Å². The first-order valence-electron chi connectivity index (χ1n) is 8.78. The van der Waals surface area contributed by atoms with Gasteiger partial charge in [0.1, 0.15) is 0 Å². The largest absolute Gasteiger partial charge is 0.412 e. The van der Waals surface area contributed by atoms with E-state index in [0.717, 1.165) is 25.9 Å². The van der Waals surface area contributed by atoms with E-state index in [-0.39, 0.29) is 5.54 Å². The molecule has 1 atom stereocenters. The zero-order chi connectivity index (χ0) is 17.1. The lowest BCUT2D eigenvalue weighted by molar-refractivity contribution is -0.499. The summed E-state index contributed by atoms with van der Waals surface area (Å²) >= 11 is 0.